The number of halogens is 1. The van der Waals surface area contributed by atoms with Crippen LogP contribution in [0.1, 0.15) is 37.8 Å². The van der Waals surface area contributed by atoms with Gasteiger partial charge in [-0.25, -0.2) is 0 Å². The van der Waals surface area contributed by atoms with Gasteiger partial charge in [0.1, 0.15) is 0 Å². The molecule has 2 aliphatic carbocycles. The van der Waals surface area contributed by atoms with Gasteiger partial charge in [0.25, 0.3) is 0 Å². The van der Waals surface area contributed by atoms with Crippen LogP contribution in [0.3, 0.4) is 0 Å². The lowest BCUT2D eigenvalue weighted by Gasteiger charge is -2.57. The molecule has 6 heteroatoms. The number of fused-ring (bicyclic) bond motifs is 2. The van der Waals surface area contributed by atoms with Crippen LogP contribution in [-0.2, 0) is 18.3 Å². The van der Waals surface area contributed by atoms with Crippen molar-refractivity contribution in [2.24, 2.45) is 23.4 Å². The number of hydrogen-bond acceptors (Lipinski definition) is 2. The summed E-state index contributed by atoms with van der Waals surface area (Å²) in [7, 11) is 6.10. The highest BCUT2D eigenvalue weighted by atomic mass is 79.9. The molecule has 3 fully saturated rings. The Labute approximate surface area is 158 Å². The average Bonchev–Trinajstić information content (AvgIpc) is 3.28. The van der Waals surface area contributed by atoms with Crippen molar-refractivity contribution in [2.45, 2.75) is 50.8 Å². The number of aliphatic imine (C=N–C) groups is 1. The first-order valence-corrected chi connectivity index (χ1v) is 10.2. The summed E-state index contributed by atoms with van der Waals surface area (Å²) in [4.78, 5) is 6.81. The molecule has 0 amide bonds. The second-order valence-electron chi connectivity index (χ2n) is 7.97. The van der Waals surface area contributed by atoms with Crippen molar-refractivity contribution in [3.05, 3.63) is 22.4 Å². The van der Waals surface area contributed by atoms with Gasteiger partial charge in [-0.2, -0.15) is 0 Å². The summed E-state index contributed by atoms with van der Waals surface area (Å²) in [5, 5.41) is 3.83. The monoisotopic (exact) mass is 408 g/mol. The Hall–Kier alpha value is -1.01. The SMILES string of the molecule is CN=C(NC1C2CCOC2C12CCCC2)N(C)Cc1cc(Br)cn1C. The van der Waals surface area contributed by atoms with E-state index in [-0.39, 0.29) is 0 Å². The van der Waals surface area contributed by atoms with Crippen molar-refractivity contribution in [3.63, 3.8) is 0 Å². The Morgan fingerprint density at radius 3 is 2.88 bits per heavy atom. The summed E-state index contributed by atoms with van der Waals surface area (Å²) in [5.74, 6) is 1.66. The van der Waals surface area contributed by atoms with E-state index in [1.165, 1.54) is 37.8 Å². The van der Waals surface area contributed by atoms with E-state index < -0.39 is 0 Å². The molecule has 1 aromatic heterocycles. The van der Waals surface area contributed by atoms with Crippen LogP contribution in [0.25, 0.3) is 0 Å². The van der Waals surface area contributed by atoms with Crippen molar-refractivity contribution in [1.82, 2.24) is 14.8 Å². The number of aryl methyl sites for hydroxylation is 1. The van der Waals surface area contributed by atoms with E-state index in [9.17, 15) is 0 Å². The van der Waals surface area contributed by atoms with Crippen LogP contribution in [0.2, 0.25) is 0 Å². The second-order valence-corrected chi connectivity index (χ2v) is 8.89. The maximum Gasteiger partial charge on any atom is 0.193 e. The number of nitrogens with zero attached hydrogens (tertiary/aromatic N) is 3. The number of aromatic nitrogens is 1. The van der Waals surface area contributed by atoms with Crippen molar-refractivity contribution in [1.29, 1.82) is 0 Å². The normalized spacial score (nSPS) is 30.4. The largest absolute Gasteiger partial charge is 0.377 e. The Morgan fingerprint density at radius 2 is 2.24 bits per heavy atom. The topological polar surface area (TPSA) is 41.8 Å². The smallest absolute Gasteiger partial charge is 0.193 e. The average molecular weight is 409 g/mol. The second kappa shape index (κ2) is 6.62. The van der Waals surface area contributed by atoms with Gasteiger partial charge in [0, 0.05) is 61.5 Å². The van der Waals surface area contributed by atoms with Gasteiger partial charge >= 0.3 is 0 Å². The zero-order chi connectivity index (χ0) is 17.6. The number of rotatable bonds is 3. The number of ether oxygens (including phenoxy) is 1. The van der Waals surface area contributed by atoms with E-state index in [2.05, 4.69) is 62.1 Å². The Bertz CT molecular complexity index is 664. The van der Waals surface area contributed by atoms with E-state index >= 15 is 0 Å². The number of hydrogen-bond donors (Lipinski definition) is 1. The molecule has 1 aromatic rings. The van der Waals surface area contributed by atoms with Crippen molar-refractivity contribution < 1.29 is 4.74 Å². The zero-order valence-electron chi connectivity index (χ0n) is 15.5. The van der Waals surface area contributed by atoms with Gasteiger partial charge in [-0.1, -0.05) is 12.8 Å². The molecule has 2 saturated carbocycles. The van der Waals surface area contributed by atoms with Crippen molar-refractivity contribution in [3.8, 4) is 0 Å². The van der Waals surface area contributed by atoms with E-state index in [0.29, 0.717) is 23.5 Å². The third kappa shape index (κ3) is 2.81. The lowest BCUT2D eigenvalue weighted by atomic mass is 9.54. The Balaban J connectivity index is 1.47. The summed E-state index contributed by atoms with van der Waals surface area (Å²) in [6.45, 7) is 1.77. The minimum Gasteiger partial charge on any atom is -0.377 e. The molecule has 3 unspecified atom stereocenters. The first-order valence-electron chi connectivity index (χ1n) is 9.42. The highest BCUT2D eigenvalue weighted by molar-refractivity contribution is 9.10. The molecule has 25 heavy (non-hydrogen) atoms. The molecule has 1 aliphatic heterocycles. The van der Waals surface area contributed by atoms with E-state index in [0.717, 1.165) is 23.6 Å². The van der Waals surface area contributed by atoms with Gasteiger partial charge in [-0.05, 0) is 41.3 Å². The first kappa shape index (κ1) is 17.4. The van der Waals surface area contributed by atoms with Crippen LogP contribution in [0.4, 0.5) is 0 Å². The van der Waals surface area contributed by atoms with Crippen molar-refractivity contribution in [2.75, 3.05) is 20.7 Å². The predicted molar refractivity (Wildman–Crippen MR) is 104 cm³/mol. The summed E-state index contributed by atoms with van der Waals surface area (Å²) in [6, 6.07) is 2.69. The molecule has 1 spiro atoms. The molecule has 2 heterocycles. The van der Waals surface area contributed by atoms with Gasteiger partial charge < -0.3 is 19.5 Å². The number of guanidine groups is 1. The summed E-state index contributed by atoms with van der Waals surface area (Å²) < 4.78 is 9.39. The molecule has 3 aliphatic rings. The molecule has 1 N–H and O–H groups in total. The first-order chi connectivity index (χ1) is 12.0. The van der Waals surface area contributed by atoms with Gasteiger partial charge in [0.15, 0.2) is 5.96 Å². The fraction of sp³-hybridized carbons (Fsp3) is 0.737. The van der Waals surface area contributed by atoms with Crippen LogP contribution < -0.4 is 5.32 Å². The molecule has 3 atom stereocenters. The minimum absolute atomic E-state index is 0.353. The van der Waals surface area contributed by atoms with E-state index in [1.54, 1.807) is 0 Å². The quantitative estimate of drug-likeness (QED) is 0.616. The van der Waals surface area contributed by atoms with Gasteiger partial charge in [0.05, 0.1) is 12.6 Å². The van der Waals surface area contributed by atoms with Gasteiger partial charge in [-0.15, -0.1) is 0 Å². The lowest BCUT2D eigenvalue weighted by molar-refractivity contribution is -0.125. The maximum absolute atomic E-state index is 6.11. The van der Waals surface area contributed by atoms with Gasteiger partial charge in [-0.3, -0.25) is 4.99 Å². The summed E-state index contributed by atoms with van der Waals surface area (Å²) in [6.07, 6.45) is 9.07. The fourth-order valence-electron chi connectivity index (χ4n) is 5.43. The summed E-state index contributed by atoms with van der Waals surface area (Å²) >= 11 is 3.56. The highest BCUT2D eigenvalue weighted by Crippen LogP contribution is 2.60. The maximum atomic E-state index is 6.11. The Kier molecular flexibility index (Phi) is 4.61. The predicted octanol–water partition coefficient (Wildman–Crippen LogP) is 3.14. The van der Waals surface area contributed by atoms with Gasteiger partial charge in [0.2, 0.25) is 0 Å². The molecule has 0 aromatic carbocycles. The molecular formula is C19H29BrN4O. The van der Waals surface area contributed by atoms with Crippen LogP contribution in [-0.4, -0.2) is 48.3 Å². The molecule has 4 rings (SSSR count). The number of nitrogens with one attached hydrogen (secondary N) is 1. The van der Waals surface area contributed by atoms with Crippen molar-refractivity contribution >= 4 is 21.9 Å². The lowest BCUT2D eigenvalue weighted by Crippen LogP contribution is -2.69. The van der Waals surface area contributed by atoms with Crippen LogP contribution in [0.5, 0.6) is 0 Å². The fourth-order valence-corrected chi connectivity index (χ4v) is 6.00. The molecule has 5 nitrogen and oxygen atoms in total. The van der Waals surface area contributed by atoms with Crippen LogP contribution >= 0.6 is 15.9 Å². The third-order valence-corrected chi connectivity index (χ3v) is 7.05. The van der Waals surface area contributed by atoms with Crippen LogP contribution in [0, 0.1) is 11.3 Å². The Morgan fingerprint density at radius 1 is 1.48 bits per heavy atom. The standard InChI is InChI=1S/C19H29BrN4O/c1-21-18(24(3)12-14-10-13(20)11-23(14)2)22-16-15-6-9-25-17(15)19(16)7-4-5-8-19/h10-11,15-17H,4-9,12H2,1-3H3,(H,21,22). The summed E-state index contributed by atoms with van der Waals surface area (Å²) in [5.41, 5.74) is 1.62. The van der Waals surface area contributed by atoms with E-state index in [1.807, 2.05) is 7.05 Å². The molecule has 138 valence electrons. The molecule has 1 saturated heterocycles. The molecular weight excluding hydrogens is 380 g/mol. The highest BCUT2D eigenvalue weighted by Gasteiger charge is 2.65. The molecule has 0 radical (unpaired) electrons. The molecule has 0 bridgehead atoms. The van der Waals surface area contributed by atoms with E-state index in [4.69, 9.17) is 4.74 Å². The minimum atomic E-state index is 0.353. The third-order valence-electron chi connectivity index (χ3n) is 6.62. The van der Waals surface area contributed by atoms with Crippen LogP contribution in [0.15, 0.2) is 21.7 Å². The zero-order valence-corrected chi connectivity index (χ0v) is 17.1.